The van der Waals surface area contributed by atoms with E-state index in [1.165, 1.54) is 12.1 Å². The van der Waals surface area contributed by atoms with Gasteiger partial charge in [0.1, 0.15) is 11.2 Å². The molecule has 2 saturated heterocycles. The van der Waals surface area contributed by atoms with Gasteiger partial charge in [-0.15, -0.1) is 0 Å². The van der Waals surface area contributed by atoms with Crippen LogP contribution in [0.2, 0.25) is 0 Å². The highest BCUT2D eigenvalue weighted by molar-refractivity contribution is 5.85. The number of piperazine rings is 1. The third-order valence-corrected chi connectivity index (χ3v) is 7.17. The molecule has 0 radical (unpaired) electrons. The summed E-state index contributed by atoms with van der Waals surface area (Å²) in [5.41, 5.74) is 6.52. The van der Waals surface area contributed by atoms with Crippen LogP contribution in [0.5, 0.6) is 0 Å². The number of ether oxygens (including phenoxy) is 3. The molecule has 0 unspecified atom stereocenters. The molecule has 0 spiro atoms. The second kappa shape index (κ2) is 11.1. The Bertz CT molecular complexity index is 1410. The largest absolute Gasteiger partial charge is 0.462 e. The minimum Gasteiger partial charge on any atom is -0.462 e. The smallest absolute Gasteiger partial charge is 0.316 e. The van der Waals surface area contributed by atoms with Crippen LogP contribution in [0.25, 0.3) is 22.6 Å². The number of nitrogens with zero attached hydrogens (tertiary/aromatic N) is 5. The normalized spacial score (nSPS) is 23.5. The van der Waals surface area contributed by atoms with Gasteiger partial charge in [0.05, 0.1) is 36.4 Å². The lowest BCUT2D eigenvalue weighted by Crippen LogP contribution is -2.56. The van der Waals surface area contributed by atoms with Crippen LogP contribution in [-0.2, 0) is 29.6 Å². The molecule has 0 bridgehead atoms. The third-order valence-electron chi connectivity index (χ3n) is 7.17. The standard InChI is InChI=1S/C28H34FN7O5/c1-17(2)41-25(38)27(3)15-39-28(23(30)37,40-16-27)24-33-21(18-5-7-19(29)8-6-18)22(34-24)20-9-10-31-26(32-20)36-13-11-35(4)12-14-36/h5-10,17H,11-16H2,1-4H3,(H2,30,37)(H,33,34). The van der Waals surface area contributed by atoms with E-state index in [0.717, 1.165) is 26.2 Å². The molecular weight excluding hydrogens is 533 g/mol. The Kier molecular flexibility index (Phi) is 7.77. The molecule has 12 nitrogen and oxygen atoms in total. The summed E-state index contributed by atoms with van der Waals surface area (Å²) in [6.07, 6.45) is 1.31. The summed E-state index contributed by atoms with van der Waals surface area (Å²) in [5.74, 6) is -3.48. The number of benzene rings is 1. The fourth-order valence-corrected chi connectivity index (χ4v) is 4.65. The molecule has 5 rings (SSSR count). The number of aromatic nitrogens is 4. The highest BCUT2D eigenvalue weighted by atomic mass is 19.1. The number of esters is 1. The van der Waals surface area contributed by atoms with Gasteiger partial charge in [-0.25, -0.2) is 19.3 Å². The second-order valence-corrected chi connectivity index (χ2v) is 10.9. The number of nitrogens with one attached hydrogen (secondary N) is 1. The number of rotatable bonds is 7. The zero-order chi connectivity index (χ0) is 29.4. The Hall–Kier alpha value is -3.94. The molecule has 3 N–H and O–H groups in total. The molecule has 4 heterocycles. The SMILES string of the molecule is CC(C)OC(=O)C1(C)COC(C(N)=O)(c2nc(-c3ccc(F)cc3)c(-c3ccnc(N4CCN(C)CC4)n3)[nH]2)OC1. The summed E-state index contributed by atoms with van der Waals surface area (Å²) in [5, 5.41) is 0. The average Bonchev–Trinajstić information content (AvgIpc) is 3.40. The van der Waals surface area contributed by atoms with E-state index in [4.69, 9.17) is 24.9 Å². The average molecular weight is 568 g/mol. The van der Waals surface area contributed by atoms with E-state index in [2.05, 4.69) is 31.8 Å². The van der Waals surface area contributed by atoms with Gasteiger partial charge in [-0.05, 0) is 58.2 Å². The Morgan fingerprint density at radius 2 is 1.73 bits per heavy atom. The van der Waals surface area contributed by atoms with Crippen LogP contribution < -0.4 is 10.6 Å². The maximum Gasteiger partial charge on any atom is 0.316 e. The van der Waals surface area contributed by atoms with Crippen molar-refractivity contribution in [1.82, 2.24) is 24.8 Å². The number of halogens is 1. The number of likely N-dealkylation sites (N-methyl/N-ethyl adjacent to an activating group) is 1. The van der Waals surface area contributed by atoms with Gasteiger partial charge in [0.25, 0.3) is 5.91 Å². The number of primary amides is 1. The predicted molar refractivity (Wildman–Crippen MR) is 147 cm³/mol. The molecule has 2 aliphatic heterocycles. The second-order valence-electron chi connectivity index (χ2n) is 10.9. The number of aromatic amines is 1. The van der Waals surface area contributed by atoms with Crippen molar-refractivity contribution < 1.29 is 28.2 Å². The molecule has 0 saturated carbocycles. The minimum absolute atomic E-state index is 0.0293. The highest BCUT2D eigenvalue weighted by Gasteiger charge is 2.54. The zero-order valence-corrected chi connectivity index (χ0v) is 23.5. The number of carbonyl (C=O) groups is 2. The quantitative estimate of drug-likeness (QED) is 0.407. The van der Waals surface area contributed by atoms with E-state index in [0.29, 0.717) is 28.6 Å². The van der Waals surface area contributed by atoms with Crippen LogP contribution >= 0.6 is 0 Å². The van der Waals surface area contributed by atoms with Crippen molar-refractivity contribution in [3.63, 3.8) is 0 Å². The van der Waals surface area contributed by atoms with Gasteiger partial charge >= 0.3 is 11.8 Å². The Labute approximate surface area is 237 Å². The lowest BCUT2D eigenvalue weighted by Gasteiger charge is -2.40. The van der Waals surface area contributed by atoms with E-state index < -0.39 is 28.9 Å². The van der Waals surface area contributed by atoms with Gasteiger partial charge in [-0.1, -0.05) is 0 Å². The van der Waals surface area contributed by atoms with Crippen LogP contribution in [0.1, 0.15) is 26.6 Å². The lowest BCUT2D eigenvalue weighted by molar-refractivity contribution is -0.294. The summed E-state index contributed by atoms with van der Waals surface area (Å²) in [6.45, 7) is 7.99. The molecule has 2 aromatic heterocycles. The van der Waals surface area contributed by atoms with Gasteiger partial charge in [0, 0.05) is 37.9 Å². The minimum atomic E-state index is -2.11. The first-order valence-corrected chi connectivity index (χ1v) is 13.4. The first-order chi connectivity index (χ1) is 19.5. The molecule has 13 heteroatoms. The van der Waals surface area contributed by atoms with Crippen molar-refractivity contribution in [2.75, 3.05) is 51.3 Å². The number of hydrogen-bond acceptors (Lipinski definition) is 10. The molecular formula is C28H34FN7O5. The van der Waals surface area contributed by atoms with E-state index in [9.17, 15) is 14.0 Å². The van der Waals surface area contributed by atoms with E-state index in [1.54, 1.807) is 45.2 Å². The molecule has 2 fully saturated rings. The number of nitrogens with two attached hydrogens (primary N) is 1. The summed E-state index contributed by atoms with van der Waals surface area (Å²) in [6, 6.07) is 7.47. The highest BCUT2D eigenvalue weighted by Crippen LogP contribution is 2.39. The number of carbonyl (C=O) groups excluding carboxylic acids is 2. The van der Waals surface area contributed by atoms with Crippen LogP contribution in [0.15, 0.2) is 36.5 Å². The molecule has 1 amide bonds. The number of H-pyrrole nitrogens is 1. The molecule has 0 atom stereocenters. The van der Waals surface area contributed by atoms with Crippen LogP contribution in [-0.4, -0.2) is 89.3 Å². The fraction of sp³-hybridized carbons (Fsp3) is 0.464. The Morgan fingerprint density at radius 3 is 2.34 bits per heavy atom. The van der Waals surface area contributed by atoms with Crippen molar-refractivity contribution in [2.45, 2.75) is 32.7 Å². The molecule has 1 aromatic carbocycles. The maximum atomic E-state index is 13.8. The van der Waals surface area contributed by atoms with E-state index in [1.807, 2.05) is 0 Å². The van der Waals surface area contributed by atoms with Gasteiger partial charge < -0.3 is 34.7 Å². The molecule has 218 valence electrons. The summed E-state index contributed by atoms with van der Waals surface area (Å²) >= 11 is 0. The zero-order valence-electron chi connectivity index (χ0n) is 23.5. The fourth-order valence-electron chi connectivity index (χ4n) is 4.65. The van der Waals surface area contributed by atoms with Gasteiger partial charge in [-0.3, -0.25) is 9.59 Å². The van der Waals surface area contributed by atoms with Gasteiger partial charge in [0.15, 0.2) is 5.82 Å². The van der Waals surface area contributed by atoms with E-state index >= 15 is 0 Å². The topological polar surface area (TPSA) is 149 Å². The van der Waals surface area contributed by atoms with Crippen molar-refractivity contribution in [3.05, 3.63) is 48.2 Å². The first-order valence-electron chi connectivity index (χ1n) is 13.4. The van der Waals surface area contributed by atoms with Crippen molar-refractivity contribution >= 4 is 17.8 Å². The number of imidazole rings is 1. The number of hydrogen-bond donors (Lipinski definition) is 2. The van der Waals surface area contributed by atoms with Crippen molar-refractivity contribution in [3.8, 4) is 22.6 Å². The molecule has 41 heavy (non-hydrogen) atoms. The third kappa shape index (κ3) is 5.65. The van der Waals surface area contributed by atoms with Crippen molar-refractivity contribution in [1.29, 1.82) is 0 Å². The van der Waals surface area contributed by atoms with Gasteiger partial charge in [0.2, 0.25) is 5.95 Å². The molecule has 0 aliphatic carbocycles. The molecule has 3 aromatic rings. The van der Waals surface area contributed by atoms with Crippen LogP contribution in [0.4, 0.5) is 10.3 Å². The summed E-state index contributed by atoms with van der Waals surface area (Å²) in [7, 11) is 2.07. The number of amides is 1. The van der Waals surface area contributed by atoms with Crippen molar-refractivity contribution in [2.24, 2.45) is 11.1 Å². The Balaban J connectivity index is 1.54. The maximum absolute atomic E-state index is 13.8. The van der Waals surface area contributed by atoms with Crippen LogP contribution in [0.3, 0.4) is 0 Å². The van der Waals surface area contributed by atoms with E-state index in [-0.39, 0.29) is 25.1 Å². The lowest BCUT2D eigenvalue weighted by atomic mass is 9.91. The Morgan fingerprint density at radius 1 is 1.07 bits per heavy atom. The summed E-state index contributed by atoms with van der Waals surface area (Å²) < 4.78 is 31.0. The summed E-state index contributed by atoms with van der Waals surface area (Å²) in [4.78, 5) is 47.0. The molecule has 2 aliphatic rings. The first kappa shape index (κ1) is 28.6. The van der Waals surface area contributed by atoms with Crippen LogP contribution in [0, 0.1) is 11.2 Å². The monoisotopic (exact) mass is 567 g/mol. The number of anilines is 1. The van der Waals surface area contributed by atoms with Gasteiger partial charge in [-0.2, -0.15) is 0 Å². The predicted octanol–water partition coefficient (Wildman–Crippen LogP) is 2.07.